The molecular weight excluding hydrogens is 318 g/mol. The highest BCUT2D eigenvalue weighted by Crippen LogP contribution is 2.18. The van der Waals surface area contributed by atoms with Gasteiger partial charge in [0, 0.05) is 32.2 Å². The summed E-state index contributed by atoms with van der Waals surface area (Å²) in [7, 11) is 1.04. The molecule has 0 aliphatic carbocycles. The van der Waals surface area contributed by atoms with Crippen LogP contribution in [-0.2, 0) is 19.4 Å². The second-order valence-corrected chi connectivity index (χ2v) is 8.96. The first-order chi connectivity index (χ1) is 10.8. The van der Waals surface area contributed by atoms with Gasteiger partial charge in [-0.25, -0.2) is 8.42 Å². The lowest BCUT2D eigenvalue weighted by Gasteiger charge is -2.35. The Labute approximate surface area is 139 Å². The molecule has 0 unspecified atom stereocenters. The lowest BCUT2D eigenvalue weighted by molar-refractivity contribution is -0.136. The first-order valence-electron chi connectivity index (χ1n) is 8.29. The van der Waals surface area contributed by atoms with Crippen LogP contribution in [0.3, 0.4) is 0 Å². The molecule has 7 nitrogen and oxygen atoms in total. The average molecular weight is 347 g/mol. The zero-order valence-electron chi connectivity index (χ0n) is 14.4. The van der Waals surface area contributed by atoms with Crippen LogP contribution in [0, 0.1) is 0 Å². The number of hydrogen-bond acceptors (Lipinski definition) is 6. The number of carbonyl (C=O) groups excluding carboxylic acids is 1. The molecule has 0 aromatic heterocycles. The van der Waals surface area contributed by atoms with Crippen molar-refractivity contribution in [1.82, 2.24) is 14.7 Å². The summed E-state index contributed by atoms with van der Waals surface area (Å²) in [5.74, 6) is 0.336. The number of sulfone groups is 1. The normalized spacial score (nSPS) is 28.2. The largest absolute Gasteiger partial charge is 0.374 e. The van der Waals surface area contributed by atoms with Gasteiger partial charge in [-0.3, -0.25) is 9.69 Å². The highest BCUT2D eigenvalue weighted by atomic mass is 32.2. The third-order valence-electron chi connectivity index (χ3n) is 4.46. The van der Waals surface area contributed by atoms with Gasteiger partial charge in [-0.15, -0.1) is 0 Å². The molecule has 2 rings (SSSR count). The molecule has 2 heterocycles. The fraction of sp³-hybridized carbons (Fsp3) is 0.933. The molecule has 1 amide bonds. The number of carbonyl (C=O) groups is 1. The Morgan fingerprint density at radius 1 is 1.35 bits per heavy atom. The van der Waals surface area contributed by atoms with Crippen molar-refractivity contribution in [3.63, 3.8) is 0 Å². The summed E-state index contributed by atoms with van der Waals surface area (Å²) in [6, 6.07) is -0.156. The van der Waals surface area contributed by atoms with E-state index >= 15 is 0 Å². The second-order valence-electron chi connectivity index (χ2n) is 6.73. The molecule has 2 aliphatic heterocycles. The Hall–Kier alpha value is -0.700. The minimum atomic E-state index is -2.97. The van der Waals surface area contributed by atoms with E-state index in [2.05, 4.69) is 9.80 Å². The zero-order chi connectivity index (χ0) is 17.0. The first kappa shape index (κ1) is 18.6. The number of likely N-dealkylation sites (N-methyl/N-ethyl adjacent to an activating group) is 2. The molecule has 2 fully saturated rings. The smallest absolute Gasteiger partial charge is 0.237 e. The van der Waals surface area contributed by atoms with Crippen LogP contribution in [0.25, 0.3) is 0 Å². The number of amides is 1. The third kappa shape index (κ3) is 5.41. The van der Waals surface area contributed by atoms with Gasteiger partial charge in [0.25, 0.3) is 0 Å². The number of morpholine rings is 1. The van der Waals surface area contributed by atoms with Crippen molar-refractivity contribution >= 4 is 15.7 Å². The van der Waals surface area contributed by atoms with Gasteiger partial charge in [-0.2, -0.15) is 0 Å². The zero-order valence-corrected chi connectivity index (χ0v) is 15.2. The third-order valence-corrected chi connectivity index (χ3v) is 6.21. The van der Waals surface area contributed by atoms with Gasteiger partial charge < -0.3 is 14.5 Å². The molecule has 0 bridgehead atoms. The lowest BCUT2D eigenvalue weighted by atomic mass is 10.2. The summed E-state index contributed by atoms with van der Waals surface area (Å²) in [6.45, 7) is 5.78. The van der Waals surface area contributed by atoms with Crippen LogP contribution in [-0.4, -0.2) is 106 Å². The topological polar surface area (TPSA) is 70.2 Å². The van der Waals surface area contributed by atoms with Crippen LogP contribution in [0.1, 0.15) is 13.3 Å². The predicted octanol–water partition coefficient (Wildman–Crippen LogP) is -0.716. The molecule has 0 radical (unpaired) electrons. The van der Waals surface area contributed by atoms with Crippen molar-refractivity contribution in [2.75, 3.05) is 64.9 Å². The van der Waals surface area contributed by atoms with Gasteiger partial charge in [0.05, 0.1) is 30.8 Å². The Morgan fingerprint density at radius 2 is 2.09 bits per heavy atom. The average Bonchev–Trinajstić information content (AvgIpc) is 2.79. The molecule has 0 aromatic carbocycles. The maximum Gasteiger partial charge on any atom is 0.237 e. The van der Waals surface area contributed by atoms with Crippen LogP contribution in [0.15, 0.2) is 0 Å². The molecule has 8 heteroatoms. The fourth-order valence-corrected chi connectivity index (χ4v) is 5.11. The van der Waals surface area contributed by atoms with Crippen molar-refractivity contribution < 1.29 is 17.9 Å². The molecule has 134 valence electrons. The summed E-state index contributed by atoms with van der Waals surface area (Å²) in [6.07, 6.45) is 0.683. The molecule has 2 aliphatic rings. The Bertz CT molecular complexity index is 509. The molecular formula is C15H29N3O4S. The van der Waals surface area contributed by atoms with E-state index in [0.717, 1.165) is 19.6 Å². The van der Waals surface area contributed by atoms with Gasteiger partial charge in [0.2, 0.25) is 5.91 Å². The van der Waals surface area contributed by atoms with Crippen molar-refractivity contribution in [3.8, 4) is 0 Å². The number of hydrogen-bond donors (Lipinski definition) is 0. The summed E-state index contributed by atoms with van der Waals surface area (Å²) in [4.78, 5) is 18.5. The molecule has 0 spiro atoms. The SMILES string of the molecule is CCN(C(=O)CN1CCO[C@H](CN(C)C)C1)[C@@H]1CCS(=O)(=O)C1. The van der Waals surface area contributed by atoms with Gasteiger partial charge in [0.1, 0.15) is 0 Å². The summed E-state index contributed by atoms with van der Waals surface area (Å²) in [5, 5.41) is 0. The standard InChI is InChI=1S/C15H29N3O4S/c1-4-18(13-5-8-23(20,21)12-13)15(19)11-17-6-7-22-14(10-17)9-16(2)3/h13-14H,4-12H2,1-3H3/t13-,14-/m1/s1. The first-order valence-corrected chi connectivity index (χ1v) is 10.1. The van der Waals surface area contributed by atoms with Gasteiger partial charge >= 0.3 is 0 Å². The van der Waals surface area contributed by atoms with Gasteiger partial charge in [-0.1, -0.05) is 0 Å². The molecule has 0 aromatic rings. The predicted molar refractivity (Wildman–Crippen MR) is 89.2 cm³/mol. The quantitative estimate of drug-likeness (QED) is 0.632. The summed E-state index contributed by atoms with van der Waals surface area (Å²) < 4.78 is 29.0. The molecule has 0 saturated carbocycles. The Balaban J connectivity index is 1.89. The minimum absolute atomic E-state index is 0.0279. The summed E-state index contributed by atoms with van der Waals surface area (Å²) in [5.41, 5.74) is 0. The van der Waals surface area contributed by atoms with Crippen LogP contribution >= 0.6 is 0 Å². The highest BCUT2D eigenvalue weighted by Gasteiger charge is 2.34. The van der Waals surface area contributed by atoms with E-state index < -0.39 is 9.84 Å². The molecule has 2 atom stereocenters. The van der Waals surface area contributed by atoms with Crippen molar-refractivity contribution in [3.05, 3.63) is 0 Å². The van der Waals surface area contributed by atoms with E-state index in [1.54, 1.807) is 4.90 Å². The number of nitrogens with zero attached hydrogens (tertiary/aromatic N) is 3. The van der Waals surface area contributed by atoms with E-state index in [0.29, 0.717) is 26.1 Å². The van der Waals surface area contributed by atoms with E-state index in [1.807, 2.05) is 21.0 Å². The van der Waals surface area contributed by atoms with Crippen LogP contribution in [0.4, 0.5) is 0 Å². The number of rotatable bonds is 6. The highest BCUT2D eigenvalue weighted by molar-refractivity contribution is 7.91. The maximum absolute atomic E-state index is 12.6. The van der Waals surface area contributed by atoms with E-state index in [-0.39, 0.29) is 29.6 Å². The van der Waals surface area contributed by atoms with Crippen LogP contribution in [0.5, 0.6) is 0 Å². The Morgan fingerprint density at radius 3 is 2.65 bits per heavy atom. The van der Waals surface area contributed by atoms with Crippen molar-refractivity contribution in [2.24, 2.45) is 0 Å². The summed E-state index contributed by atoms with van der Waals surface area (Å²) >= 11 is 0. The number of ether oxygens (including phenoxy) is 1. The van der Waals surface area contributed by atoms with Crippen LogP contribution < -0.4 is 0 Å². The van der Waals surface area contributed by atoms with Crippen molar-refractivity contribution in [1.29, 1.82) is 0 Å². The van der Waals surface area contributed by atoms with E-state index in [9.17, 15) is 13.2 Å². The monoisotopic (exact) mass is 347 g/mol. The van der Waals surface area contributed by atoms with Crippen molar-refractivity contribution in [2.45, 2.75) is 25.5 Å². The fourth-order valence-electron chi connectivity index (χ4n) is 3.38. The van der Waals surface area contributed by atoms with Gasteiger partial charge in [-0.05, 0) is 27.4 Å². The maximum atomic E-state index is 12.6. The van der Waals surface area contributed by atoms with E-state index in [4.69, 9.17) is 4.74 Å². The molecule has 23 heavy (non-hydrogen) atoms. The molecule has 2 saturated heterocycles. The van der Waals surface area contributed by atoms with Crippen LogP contribution in [0.2, 0.25) is 0 Å². The molecule has 0 N–H and O–H groups in total. The minimum Gasteiger partial charge on any atom is -0.374 e. The Kier molecular flexibility index (Phi) is 6.41. The lowest BCUT2D eigenvalue weighted by Crippen LogP contribution is -2.51. The van der Waals surface area contributed by atoms with Gasteiger partial charge in [0.15, 0.2) is 9.84 Å². The van der Waals surface area contributed by atoms with E-state index in [1.165, 1.54) is 0 Å². The second kappa shape index (κ2) is 7.92.